The van der Waals surface area contributed by atoms with Crippen molar-refractivity contribution in [1.29, 1.82) is 0 Å². The Bertz CT molecular complexity index is 432. The summed E-state index contributed by atoms with van der Waals surface area (Å²) >= 11 is 6.27. The Kier molecular flexibility index (Phi) is 4.36. The van der Waals surface area contributed by atoms with Crippen molar-refractivity contribution >= 4 is 11.6 Å². The van der Waals surface area contributed by atoms with Crippen LogP contribution in [0.25, 0.3) is 0 Å². The lowest BCUT2D eigenvalue weighted by atomic mass is 9.88. The van der Waals surface area contributed by atoms with Crippen LogP contribution < -0.4 is 9.47 Å². The van der Waals surface area contributed by atoms with Gasteiger partial charge in [0, 0.05) is 16.7 Å². The third-order valence-electron chi connectivity index (χ3n) is 3.17. The summed E-state index contributed by atoms with van der Waals surface area (Å²) in [5.74, 6) is 1.29. The van der Waals surface area contributed by atoms with E-state index in [2.05, 4.69) is 0 Å². The number of halogens is 1. The molecular formula is C14H19ClO3. The summed E-state index contributed by atoms with van der Waals surface area (Å²) in [5.41, 5.74) is 1.82. The van der Waals surface area contributed by atoms with E-state index in [1.54, 1.807) is 6.07 Å². The molecular weight excluding hydrogens is 252 g/mol. The summed E-state index contributed by atoms with van der Waals surface area (Å²) in [5, 5.41) is 10.9. The molecule has 100 valence electrons. The molecule has 0 unspecified atom stereocenters. The molecule has 1 aromatic rings. The molecule has 0 aliphatic heterocycles. The van der Waals surface area contributed by atoms with Gasteiger partial charge in [0.25, 0.3) is 0 Å². The van der Waals surface area contributed by atoms with Crippen molar-refractivity contribution in [2.45, 2.75) is 39.2 Å². The van der Waals surface area contributed by atoms with Gasteiger partial charge in [-0.05, 0) is 38.7 Å². The Hall–Kier alpha value is -0.930. The first kappa shape index (κ1) is 13.5. The number of hydrogen-bond donors (Lipinski definition) is 1. The van der Waals surface area contributed by atoms with Gasteiger partial charge in [0.15, 0.2) is 11.5 Å². The first-order valence-electron chi connectivity index (χ1n) is 6.47. The summed E-state index contributed by atoms with van der Waals surface area (Å²) in [7, 11) is 0. The predicted octanol–water partition coefficient (Wildman–Crippen LogP) is 3.51. The van der Waals surface area contributed by atoms with Gasteiger partial charge in [0.2, 0.25) is 0 Å². The second kappa shape index (κ2) is 5.81. The van der Waals surface area contributed by atoms with Gasteiger partial charge in [-0.2, -0.15) is 0 Å². The zero-order valence-electron chi connectivity index (χ0n) is 10.8. The van der Waals surface area contributed by atoms with Crippen LogP contribution in [0.1, 0.15) is 43.9 Å². The van der Waals surface area contributed by atoms with Gasteiger partial charge >= 0.3 is 0 Å². The van der Waals surface area contributed by atoms with Gasteiger partial charge in [0.1, 0.15) is 0 Å². The fraction of sp³-hybridized carbons (Fsp3) is 0.571. The first-order valence-corrected chi connectivity index (χ1v) is 6.85. The molecule has 0 bridgehead atoms. The highest BCUT2D eigenvalue weighted by molar-refractivity contribution is 6.31. The van der Waals surface area contributed by atoms with E-state index in [0.29, 0.717) is 29.7 Å². The summed E-state index contributed by atoms with van der Waals surface area (Å²) in [6.07, 6.45) is 2.08. The maximum absolute atomic E-state index is 10.2. The van der Waals surface area contributed by atoms with E-state index in [1.165, 1.54) is 0 Å². The zero-order chi connectivity index (χ0) is 13.1. The Labute approximate surface area is 113 Å². The summed E-state index contributed by atoms with van der Waals surface area (Å²) in [6, 6.07) is 1.80. The lowest BCUT2D eigenvalue weighted by molar-refractivity contribution is 0.149. The second-order valence-corrected chi connectivity index (χ2v) is 4.76. The average molecular weight is 271 g/mol. The predicted molar refractivity (Wildman–Crippen MR) is 71.7 cm³/mol. The van der Waals surface area contributed by atoms with Gasteiger partial charge in [0.05, 0.1) is 19.3 Å². The quantitative estimate of drug-likeness (QED) is 0.910. The maximum atomic E-state index is 10.2. The second-order valence-electron chi connectivity index (χ2n) is 4.35. The number of ether oxygens (including phenoxy) is 2. The largest absolute Gasteiger partial charge is 0.490 e. The molecule has 0 heterocycles. The minimum Gasteiger partial charge on any atom is -0.490 e. The van der Waals surface area contributed by atoms with Crippen LogP contribution in [0.2, 0.25) is 5.02 Å². The van der Waals surface area contributed by atoms with Gasteiger partial charge in [-0.3, -0.25) is 0 Å². The molecule has 4 heteroatoms. The number of rotatable bonds is 4. The van der Waals surface area contributed by atoms with Crippen molar-refractivity contribution in [3.8, 4) is 11.5 Å². The molecule has 0 fully saturated rings. The number of fused-ring (bicyclic) bond motifs is 1. The standard InChI is InChI=1S/C14H19ClO3/c1-3-17-12-8-10(15)9-6-5-7-11(16)13(9)14(12)18-4-2/h8,11,16H,3-7H2,1-2H3/t11-/m0/s1. The van der Waals surface area contributed by atoms with Gasteiger partial charge in [-0.15, -0.1) is 0 Å². The van der Waals surface area contributed by atoms with E-state index < -0.39 is 6.10 Å². The maximum Gasteiger partial charge on any atom is 0.167 e. The molecule has 3 nitrogen and oxygen atoms in total. The van der Waals surface area contributed by atoms with Crippen molar-refractivity contribution in [2.24, 2.45) is 0 Å². The van der Waals surface area contributed by atoms with Crippen LogP contribution in [0.4, 0.5) is 0 Å². The molecule has 1 aromatic carbocycles. The highest BCUT2D eigenvalue weighted by Gasteiger charge is 2.27. The topological polar surface area (TPSA) is 38.7 Å². The lowest BCUT2D eigenvalue weighted by Gasteiger charge is -2.26. The molecule has 0 amide bonds. The third kappa shape index (κ3) is 2.43. The highest BCUT2D eigenvalue weighted by atomic mass is 35.5. The monoisotopic (exact) mass is 270 g/mol. The first-order chi connectivity index (χ1) is 8.69. The van der Waals surface area contributed by atoms with Crippen LogP contribution in [-0.4, -0.2) is 18.3 Å². The van der Waals surface area contributed by atoms with Crippen molar-refractivity contribution in [2.75, 3.05) is 13.2 Å². The Morgan fingerprint density at radius 3 is 2.72 bits per heavy atom. The summed E-state index contributed by atoms with van der Waals surface area (Å²) in [4.78, 5) is 0. The van der Waals surface area contributed by atoms with Crippen LogP contribution in [0.3, 0.4) is 0 Å². The minimum absolute atomic E-state index is 0.506. The molecule has 0 aromatic heterocycles. The molecule has 0 saturated carbocycles. The highest BCUT2D eigenvalue weighted by Crippen LogP contribution is 2.45. The molecule has 0 radical (unpaired) electrons. The van der Waals surface area contributed by atoms with Crippen LogP contribution >= 0.6 is 11.6 Å². The van der Waals surface area contributed by atoms with E-state index in [0.717, 1.165) is 30.4 Å². The minimum atomic E-state index is -0.506. The molecule has 2 rings (SSSR count). The molecule has 1 N–H and O–H groups in total. The van der Waals surface area contributed by atoms with E-state index >= 15 is 0 Å². The van der Waals surface area contributed by atoms with E-state index in [-0.39, 0.29) is 0 Å². The van der Waals surface area contributed by atoms with Gasteiger partial charge in [-0.1, -0.05) is 11.6 Å². The molecule has 1 aliphatic rings. The van der Waals surface area contributed by atoms with Crippen molar-refractivity contribution in [3.63, 3.8) is 0 Å². The molecule has 0 spiro atoms. The van der Waals surface area contributed by atoms with Crippen molar-refractivity contribution in [3.05, 3.63) is 22.2 Å². The van der Waals surface area contributed by atoms with E-state index in [9.17, 15) is 5.11 Å². The zero-order valence-corrected chi connectivity index (χ0v) is 11.6. The van der Waals surface area contributed by atoms with Crippen LogP contribution in [0, 0.1) is 0 Å². The van der Waals surface area contributed by atoms with Crippen LogP contribution in [0.15, 0.2) is 6.07 Å². The number of hydrogen-bond acceptors (Lipinski definition) is 3. The number of benzene rings is 1. The molecule has 0 saturated heterocycles. The summed E-state index contributed by atoms with van der Waals surface area (Å²) < 4.78 is 11.2. The fourth-order valence-electron chi connectivity index (χ4n) is 2.45. The lowest BCUT2D eigenvalue weighted by Crippen LogP contribution is -2.13. The Morgan fingerprint density at radius 2 is 2.06 bits per heavy atom. The summed E-state index contributed by atoms with van der Waals surface area (Å²) in [6.45, 7) is 4.93. The average Bonchev–Trinajstić information content (AvgIpc) is 2.35. The normalized spacial score (nSPS) is 18.3. The molecule has 1 aliphatic carbocycles. The fourth-order valence-corrected chi connectivity index (χ4v) is 2.74. The Balaban J connectivity index is 2.56. The molecule has 1 atom stereocenters. The Morgan fingerprint density at radius 1 is 1.33 bits per heavy atom. The third-order valence-corrected chi connectivity index (χ3v) is 3.50. The number of aliphatic hydroxyl groups is 1. The van der Waals surface area contributed by atoms with Crippen LogP contribution in [0.5, 0.6) is 11.5 Å². The smallest absolute Gasteiger partial charge is 0.167 e. The van der Waals surface area contributed by atoms with Crippen molar-refractivity contribution < 1.29 is 14.6 Å². The van der Waals surface area contributed by atoms with E-state index in [4.69, 9.17) is 21.1 Å². The number of aliphatic hydroxyl groups excluding tert-OH is 1. The van der Waals surface area contributed by atoms with E-state index in [1.807, 2.05) is 13.8 Å². The van der Waals surface area contributed by atoms with Gasteiger partial charge in [-0.25, -0.2) is 0 Å². The molecule has 18 heavy (non-hydrogen) atoms. The van der Waals surface area contributed by atoms with Crippen LogP contribution in [-0.2, 0) is 6.42 Å². The van der Waals surface area contributed by atoms with Gasteiger partial charge < -0.3 is 14.6 Å². The SMILES string of the molecule is CCOc1cc(Cl)c2c(c1OCC)[C@@H](O)CCC2. The van der Waals surface area contributed by atoms with Crippen molar-refractivity contribution in [1.82, 2.24) is 0 Å².